The van der Waals surface area contributed by atoms with E-state index in [-0.39, 0.29) is 0 Å². The Morgan fingerprint density at radius 2 is 2.18 bits per heavy atom. The summed E-state index contributed by atoms with van der Waals surface area (Å²) in [6.45, 7) is 4.93. The maximum atomic E-state index is 6.14. The number of anilines is 1. The number of nitrogens with zero attached hydrogens (tertiary/aromatic N) is 4. The Labute approximate surface area is 105 Å². The van der Waals surface area contributed by atoms with Crippen molar-refractivity contribution < 1.29 is 0 Å². The highest BCUT2D eigenvalue weighted by Gasteiger charge is 2.15. The zero-order valence-corrected chi connectivity index (χ0v) is 10.5. The van der Waals surface area contributed by atoms with E-state index in [1.165, 1.54) is 0 Å². The second-order valence-corrected chi connectivity index (χ2v) is 4.69. The van der Waals surface area contributed by atoms with Gasteiger partial charge in [-0.1, -0.05) is 31.5 Å². The number of hydrogen-bond donors (Lipinski definition) is 1. The van der Waals surface area contributed by atoms with Gasteiger partial charge in [-0.2, -0.15) is 0 Å². The highest BCUT2D eigenvalue weighted by molar-refractivity contribution is 6.33. The van der Waals surface area contributed by atoms with Gasteiger partial charge < -0.3 is 5.73 Å². The van der Waals surface area contributed by atoms with Gasteiger partial charge in [0, 0.05) is 12.2 Å². The molecule has 0 spiro atoms. The zero-order valence-electron chi connectivity index (χ0n) is 9.76. The summed E-state index contributed by atoms with van der Waals surface area (Å²) >= 11 is 6.14. The Hall–Kier alpha value is -1.62. The number of halogens is 1. The molecule has 0 fully saturated rings. The van der Waals surface area contributed by atoms with Gasteiger partial charge >= 0.3 is 0 Å². The third kappa shape index (κ3) is 2.39. The lowest BCUT2D eigenvalue weighted by Crippen LogP contribution is -2.09. The van der Waals surface area contributed by atoms with Crippen molar-refractivity contribution >= 4 is 17.3 Å². The molecular formula is C11H14ClN5. The first-order chi connectivity index (χ1) is 8.09. The van der Waals surface area contributed by atoms with Crippen LogP contribution in [0.2, 0.25) is 5.02 Å². The van der Waals surface area contributed by atoms with Crippen LogP contribution in [0.3, 0.4) is 0 Å². The average molecular weight is 252 g/mol. The van der Waals surface area contributed by atoms with E-state index in [4.69, 9.17) is 17.3 Å². The largest absolute Gasteiger partial charge is 0.398 e. The molecule has 0 amide bonds. The number of tetrazole rings is 1. The molecule has 5 nitrogen and oxygen atoms in total. The van der Waals surface area contributed by atoms with Crippen LogP contribution in [0.5, 0.6) is 0 Å². The van der Waals surface area contributed by atoms with Crippen LogP contribution in [0, 0.1) is 5.92 Å². The number of hydrogen-bond acceptors (Lipinski definition) is 4. The van der Waals surface area contributed by atoms with Gasteiger partial charge in [-0.05, 0) is 28.5 Å². The minimum Gasteiger partial charge on any atom is -0.398 e. The number of nitrogen functional groups attached to an aromatic ring is 1. The zero-order chi connectivity index (χ0) is 12.4. The van der Waals surface area contributed by atoms with Gasteiger partial charge in [-0.15, -0.1) is 5.10 Å². The summed E-state index contributed by atoms with van der Waals surface area (Å²) in [5, 5.41) is 12.2. The minimum atomic E-state index is 0.445. The molecule has 2 N–H and O–H groups in total. The molecule has 0 bridgehead atoms. The molecule has 0 radical (unpaired) electrons. The fourth-order valence-corrected chi connectivity index (χ4v) is 1.90. The molecule has 0 saturated heterocycles. The lowest BCUT2D eigenvalue weighted by molar-refractivity contribution is 0.475. The van der Waals surface area contributed by atoms with Crippen LogP contribution < -0.4 is 5.73 Å². The quantitative estimate of drug-likeness (QED) is 0.850. The molecule has 17 heavy (non-hydrogen) atoms. The SMILES string of the molecule is CC(C)Cn1nnnc1-c1c(N)cccc1Cl. The molecule has 0 aliphatic heterocycles. The summed E-state index contributed by atoms with van der Waals surface area (Å²) in [4.78, 5) is 0. The summed E-state index contributed by atoms with van der Waals surface area (Å²) in [7, 11) is 0. The van der Waals surface area contributed by atoms with E-state index in [1.807, 2.05) is 0 Å². The molecule has 1 heterocycles. The van der Waals surface area contributed by atoms with E-state index < -0.39 is 0 Å². The molecule has 2 rings (SSSR count). The number of rotatable bonds is 3. The van der Waals surface area contributed by atoms with Crippen LogP contribution in [0.1, 0.15) is 13.8 Å². The van der Waals surface area contributed by atoms with E-state index in [2.05, 4.69) is 29.4 Å². The molecule has 1 aromatic heterocycles. The lowest BCUT2D eigenvalue weighted by atomic mass is 10.1. The molecule has 0 aliphatic rings. The van der Waals surface area contributed by atoms with E-state index in [0.29, 0.717) is 28.0 Å². The van der Waals surface area contributed by atoms with Crippen LogP contribution in [0.4, 0.5) is 5.69 Å². The normalized spacial score (nSPS) is 11.1. The third-order valence-electron chi connectivity index (χ3n) is 2.34. The van der Waals surface area contributed by atoms with Gasteiger partial charge in [0.05, 0.1) is 10.6 Å². The predicted octanol–water partition coefficient (Wildman–Crippen LogP) is 2.23. The van der Waals surface area contributed by atoms with Crippen molar-refractivity contribution in [2.24, 2.45) is 5.92 Å². The van der Waals surface area contributed by atoms with Gasteiger partial charge in [-0.25, -0.2) is 4.68 Å². The van der Waals surface area contributed by atoms with Crippen molar-refractivity contribution in [2.75, 3.05) is 5.73 Å². The van der Waals surface area contributed by atoms with Gasteiger partial charge in [0.25, 0.3) is 0 Å². The number of aromatic nitrogens is 4. The molecule has 1 aromatic carbocycles. The van der Waals surface area contributed by atoms with E-state index in [0.717, 1.165) is 6.54 Å². The van der Waals surface area contributed by atoms with E-state index >= 15 is 0 Å². The molecule has 0 atom stereocenters. The average Bonchev–Trinajstić information content (AvgIpc) is 2.65. The Morgan fingerprint density at radius 1 is 1.41 bits per heavy atom. The van der Waals surface area contributed by atoms with Crippen LogP contribution in [-0.2, 0) is 6.54 Å². The molecule has 90 valence electrons. The Balaban J connectivity index is 2.50. The topological polar surface area (TPSA) is 69.6 Å². The first-order valence-electron chi connectivity index (χ1n) is 5.40. The lowest BCUT2D eigenvalue weighted by Gasteiger charge is -2.09. The van der Waals surface area contributed by atoms with Gasteiger partial charge in [0.15, 0.2) is 5.82 Å². The van der Waals surface area contributed by atoms with Gasteiger partial charge in [0.1, 0.15) is 0 Å². The van der Waals surface area contributed by atoms with Crippen LogP contribution in [-0.4, -0.2) is 20.2 Å². The predicted molar refractivity (Wildman–Crippen MR) is 67.5 cm³/mol. The Kier molecular flexibility index (Phi) is 3.28. The monoisotopic (exact) mass is 251 g/mol. The third-order valence-corrected chi connectivity index (χ3v) is 2.65. The smallest absolute Gasteiger partial charge is 0.185 e. The van der Waals surface area contributed by atoms with Crippen LogP contribution in [0.15, 0.2) is 18.2 Å². The van der Waals surface area contributed by atoms with Crippen molar-refractivity contribution in [1.82, 2.24) is 20.2 Å². The summed E-state index contributed by atoms with van der Waals surface area (Å²) in [6.07, 6.45) is 0. The first-order valence-corrected chi connectivity index (χ1v) is 5.78. The fraction of sp³-hybridized carbons (Fsp3) is 0.364. The summed E-state index contributed by atoms with van der Waals surface area (Å²) in [5.74, 6) is 1.06. The van der Waals surface area contributed by atoms with Crippen molar-refractivity contribution in [1.29, 1.82) is 0 Å². The number of benzene rings is 1. The second-order valence-electron chi connectivity index (χ2n) is 4.28. The molecular weight excluding hydrogens is 238 g/mol. The molecule has 2 aromatic rings. The fourth-order valence-electron chi connectivity index (χ4n) is 1.63. The first kappa shape index (κ1) is 11.9. The molecule has 0 aliphatic carbocycles. The minimum absolute atomic E-state index is 0.445. The van der Waals surface area contributed by atoms with Gasteiger partial charge in [-0.3, -0.25) is 0 Å². The summed E-state index contributed by atoms with van der Waals surface area (Å²) in [5.41, 5.74) is 7.19. The van der Waals surface area contributed by atoms with E-state index in [1.54, 1.807) is 22.9 Å². The van der Waals surface area contributed by atoms with Crippen molar-refractivity contribution in [3.05, 3.63) is 23.2 Å². The standard InChI is InChI=1S/C11H14ClN5/c1-7(2)6-17-11(14-15-16-17)10-8(12)4-3-5-9(10)13/h3-5,7H,6,13H2,1-2H3. The van der Waals surface area contributed by atoms with Crippen molar-refractivity contribution in [2.45, 2.75) is 20.4 Å². The molecule has 0 saturated carbocycles. The highest BCUT2D eigenvalue weighted by atomic mass is 35.5. The Morgan fingerprint density at radius 3 is 2.82 bits per heavy atom. The van der Waals surface area contributed by atoms with E-state index in [9.17, 15) is 0 Å². The van der Waals surface area contributed by atoms with Crippen molar-refractivity contribution in [3.8, 4) is 11.4 Å². The maximum Gasteiger partial charge on any atom is 0.185 e. The highest BCUT2D eigenvalue weighted by Crippen LogP contribution is 2.31. The molecule has 0 unspecified atom stereocenters. The van der Waals surface area contributed by atoms with Crippen LogP contribution in [0.25, 0.3) is 11.4 Å². The van der Waals surface area contributed by atoms with Gasteiger partial charge in [0.2, 0.25) is 0 Å². The number of nitrogens with two attached hydrogens (primary N) is 1. The van der Waals surface area contributed by atoms with Crippen molar-refractivity contribution in [3.63, 3.8) is 0 Å². The molecule has 6 heteroatoms. The summed E-state index contributed by atoms with van der Waals surface area (Å²) < 4.78 is 1.72. The second kappa shape index (κ2) is 4.71. The summed E-state index contributed by atoms with van der Waals surface area (Å²) in [6, 6.07) is 5.37. The van der Waals surface area contributed by atoms with Crippen LogP contribution >= 0.6 is 11.6 Å². The Bertz CT molecular complexity index is 500. The maximum absolute atomic E-state index is 6.14.